The van der Waals surface area contributed by atoms with Crippen LogP contribution in [0.5, 0.6) is 0 Å². The van der Waals surface area contributed by atoms with E-state index in [9.17, 15) is 0 Å². The number of aromatic nitrogens is 4. The maximum atomic E-state index is 4.84. The van der Waals surface area contributed by atoms with Crippen LogP contribution in [0.4, 0.5) is 0 Å². The van der Waals surface area contributed by atoms with Crippen molar-refractivity contribution in [3.8, 4) is 5.69 Å². The fourth-order valence-corrected chi connectivity index (χ4v) is 2.70. The van der Waals surface area contributed by atoms with Crippen LogP contribution in [-0.4, -0.2) is 25.9 Å². The Balaban J connectivity index is 2.11. The number of nitrogens with one attached hydrogen (secondary N) is 1. The predicted octanol–water partition coefficient (Wildman–Crippen LogP) is 1.45. The van der Waals surface area contributed by atoms with E-state index in [1.54, 1.807) is 0 Å². The summed E-state index contributed by atoms with van der Waals surface area (Å²) in [5.74, 6) is 1.77. The molecule has 0 radical (unpaired) electrons. The van der Waals surface area contributed by atoms with E-state index in [1.807, 2.05) is 17.9 Å². The number of fused-ring (bicyclic) bond motifs is 1. The summed E-state index contributed by atoms with van der Waals surface area (Å²) in [5.41, 5.74) is 3.68. The Kier molecular flexibility index (Phi) is 3.14. The van der Waals surface area contributed by atoms with Crippen LogP contribution >= 0.6 is 0 Å². The van der Waals surface area contributed by atoms with Crippen molar-refractivity contribution in [2.24, 2.45) is 13.0 Å². The Morgan fingerprint density at radius 2 is 2.26 bits per heavy atom. The summed E-state index contributed by atoms with van der Waals surface area (Å²) in [7, 11) is 1.95. The SMILES string of the molecule is CC(C)Cc1nc2c(n1-c1cnn(C)c1)CCNC2. The molecule has 102 valence electrons. The topological polar surface area (TPSA) is 47.7 Å². The van der Waals surface area contributed by atoms with Gasteiger partial charge in [-0.2, -0.15) is 5.10 Å². The first-order valence-electron chi connectivity index (χ1n) is 6.94. The molecule has 0 saturated heterocycles. The van der Waals surface area contributed by atoms with E-state index in [0.717, 1.165) is 37.4 Å². The van der Waals surface area contributed by atoms with Crippen molar-refractivity contribution in [2.75, 3.05) is 6.54 Å². The summed E-state index contributed by atoms with van der Waals surface area (Å²) < 4.78 is 4.16. The van der Waals surface area contributed by atoms with Gasteiger partial charge in [0.05, 0.1) is 17.6 Å². The summed E-state index contributed by atoms with van der Waals surface area (Å²) in [5, 5.41) is 7.69. The smallest absolute Gasteiger partial charge is 0.114 e. The Labute approximate surface area is 113 Å². The zero-order valence-corrected chi connectivity index (χ0v) is 11.8. The fourth-order valence-electron chi connectivity index (χ4n) is 2.70. The Bertz CT molecular complexity index is 579. The van der Waals surface area contributed by atoms with Crippen molar-refractivity contribution in [1.29, 1.82) is 0 Å². The maximum Gasteiger partial charge on any atom is 0.114 e. The molecular weight excluding hydrogens is 238 g/mol. The minimum Gasteiger partial charge on any atom is -0.311 e. The van der Waals surface area contributed by atoms with E-state index >= 15 is 0 Å². The van der Waals surface area contributed by atoms with Gasteiger partial charge in [-0.05, 0) is 5.92 Å². The second-order valence-electron chi connectivity index (χ2n) is 5.65. The van der Waals surface area contributed by atoms with Crippen LogP contribution in [0.25, 0.3) is 5.69 Å². The van der Waals surface area contributed by atoms with Gasteiger partial charge in [-0.1, -0.05) is 13.8 Å². The molecule has 0 bridgehead atoms. The van der Waals surface area contributed by atoms with Gasteiger partial charge in [0, 0.05) is 44.9 Å². The number of hydrogen-bond acceptors (Lipinski definition) is 3. The second-order valence-corrected chi connectivity index (χ2v) is 5.65. The van der Waals surface area contributed by atoms with E-state index < -0.39 is 0 Å². The van der Waals surface area contributed by atoms with Crippen LogP contribution in [0.2, 0.25) is 0 Å². The highest BCUT2D eigenvalue weighted by atomic mass is 15.3. The standard InChI is InChI=1S/C14H21N5/c1-10(2)6-14-17-12-8-15-5-4-13(12)19(14)11-7-16-18(3)9-11/h7,9-10,15H,4-6,8H2,1-3H3. The highest BCUT2D eigenvalue weighted by Crippen LogP contribution is 2.22. The molecule has 0 aromatic carbocycles. The monoisotopic (exact) mass is 259 g/mol. The van der Waals surface area contributed by atoms with Crippen molar-refractivity contribution < 1.29 is 0 Å². The Morgan fingerprint density at radius 3 is 2.95 bits per heavy atom. The van der Waals surface area contributed by atoms with Crippen molar-refractivity contribution in [1.82, 2.24) is 24.6 Å². The first-order chi connectivity index (χ1) is 9.15. The molecule has 0 atom stereocenters. The van der Waals surface area contributed by atoms with Crippen LogP contribution in [-0.2, 0) is 26.4 Å². The van der Waals surface area contributed by atoms with E-state index in [2.05, 4.69) is 35.0 Å². The van der Waals surface area contributed by atoms with Crippen molar-refractivity contribution in [3.63, 3.8) is 0 Å². The Hall–Kier alpha value is -1.62. The molecule has 3 rings (SSSR count). The third-order valence-electron chi connectivity index (χ3n) is 3.50. The van der Waals surface area contributed by atoms with E-state index in [-0.39, 0.29) is 0 Å². The third-order valence-corrected chi connectivity index (χ3v) is 3.50. The van der Waals surface area contributed by atoms with Gasteiger partial charge in [-0.15, -0.1) is 0 Å². The molecule has 0 fully saturated rings. The van der Waals surface area contributed by atoms with Crippen LogP contribution in [0, 0.1) is 5.92 Å². The largest absolute Gasteiger partial charge is 0.311 e. The first kappa shape index (κ1) is 12.4. The normalized spacial score (nSPS) is 14.9. The summed E-state index contributed by atoms with van der Waals surface area (Å²) in [6.45, 7) is 6.38. The average molecular weight is 259 g/mol. The number of nitrogens with zero attached hydrogens (tertiary/aromatic N) is 4. The maximum absolute atomic E-state index is 4.84. The molecule has 3 heterocycles. The quantitative estimate of drug-likeness (QED) is 0.907. The van der Waals surface area contributed by atoms with Gasteiger partial charge in [0.25, 0.3) is 0 Å². The van der Waals surface area contributed by atoms with Crippen LogP contribution in [0.1, 0.15) is 31.1 Å². The lowest BCUT2D eigenvalue weighted by atomic mass is 10.1. The highest BCUT2D eigenvalue weighted by Gasteiger charge is 2.21. The summed E-state index contributed by atoms with van der Waals surface area (Å²) >= 11 is 0. The zero-order valence-electron chi connectivity index (χ0n) is 11.8. The molecule has 1 aliphatic rings. The second kappa shape index (κ2) is 4.81. The zero-order chi connectivity index (χ0) is 13.4. The molecule has 1 aliphatic heterocycles. The predicted molar refractivity (Wildman–Crippen MR) is 74.3 cm³/mol. The van der Waals surface area contributed by atoms with Gasteiger partial charge in [0.15, 0.2) is 0 Å². The molecular formula is C14H21N5. The third kappa shape index (κ3) is 2.30. The molecule has 19 heavy (non-hydrogen) atoms. The number of imidazole rings is 1. The highest BCUT2D eigenvalue weighted by molar-refractivity contribution is 5.35. The minimum atomic E-state index is 0.604. The molecule has 0 unspecified atom stereocenters. The van der Waals surface area contributed by atoms with Crippen molar-refractivity contribution in [2.45, 2.75) is 33.2 Å². The van der Waals surface area contributed by atoms with E-state index in [0.29, 0.717) is 5.92 Å². The van der Waals surface area contributed by atoms with Crippen LogP contribution < -0.4 is 5.32 Å². The molecule has 2 aromatic heterocycles. The molecule has 0 spiro atoms. The van der Waals surface area contributed by atoms with Gasteiger partial charge in [0.1, 0.15) is 5.82 Å². The lowest BCUT2D eigenvalue weighted by Gasteiger charge is -2.15. The van der Waals surface area contributed by atoms with E-state index in [4.69, 9.17) is 4.98 Å². The van der Waals surface area contributed by atoms with Crippen LogP contribution in [0.3, 0.4) is 0 Å². The number of hydrogen-bond donors (Lipinski definition) is 1. The van der Waals surface area contributed by atoms with Crippen molar-refractivity contribution >= 4 is 0 Å². The molecule has 5 nitrogen and oxygen atoms in total. The first-order valence-corrected chi connectivity index (χ1v) is 6.94. The molecule has 0 amide bonds. The van der Waals surface area contributed by atoms with E-state index in [1.165, 1.54) is 11.4 Å². The molecule has 1 N–H and O–H groups in total. The lowest BCUT2D eigenvalue weighted by molar-refractivity contribution is 0.608. The number of rotatable bonds is 3. The minimum absolute atomic E-state index is 0.604. The van der Waals surface area contributed by atoms with Crippen LogP contribution in [0.15, 0.2) is 12.4 Å². The van der Waals surface area contributed by atoms with Gasteiger partial charge in [-0.25, -0.2) is 4.98 Å². The molecule has 0 aliphatic carbocycles. The van der Waals surface area contributed by atoms with Crippen molar-refractivity contribution in [3.05, 3.63) is 29.6 Å². The molecule has 0 saturated carbocycles. The summed E-state index contributed by atoms with van der Waals surface area (Å²) in [6.07, 6.45) is 6.03. The van der Waals surface area contributed by atoms with Gasteiger partial charge in [-0.3, -0.25) is 9.25 Å². The molecule has 5 heteroatoms. The summed E-state index contributed by atoms with van der Waals surface area (Å²) in [6, 6.07) is 0. The van der Waals surface area contributed by atoms with Gasteiger partial charge < -0.3 is 5.32 Å². The fraction of sp³-hybridized carbons (Fsp3) is 0.571. The average Bonchev–Trinajstić information content (AvgIpc) is 2.91. The summed E-state index contributed by atoms with van der Waals surface area (Å²) in [4.78, 5) is 4.84. The molecule has 2 aromatic rings. The van der Waals surface area contributed by atoms with Gasteiger partial charge in [0.2, 0.25) is 0 Å². The van der Waals surface area contributed by atoms with Gasteiger partial charge >= 0.3 is 0 Å². The Morgan fingerprint density at radius 1 is 1.42 bits per heavy atom. The number of aryl methyl sites for hydroxylation is 1. The lowest BCUT2D eigenvalue weighted by Crippen LogP contribution is -2.24.